The summed E-state index contributed by atoms with van der Waals surface area (Å²) in [6, 6.07) is 0.0313. The van der Waals surface area contributed by atoms with Gasteiger partial charge in [0, 0.05) is 12.6 Å². The monoisotopic (exact) mass is 266 g/mol. The Morgan fingerprint density at radius 1 is 1.28 bits per heavy atom. The second-order valence-corrected chi connectivity index (χ2v) is 6.44. The van der Waals surface area contributed by atoms with Gasteiger partial charge in [-0.2, -0.15) is 13.2 Å². The third-order valence-electron chi connectivity index (χ3n) is 3.84. The Bertz CT molecular complexity index is 258. The Morgan fingerprint density at radius 2 is 1.89 bits per heavy atom. The molecule has 2 unspecified atom stereocenters. The summed E-state index contributed by atoms with van der Waals surface area (Å²) in [6.07, 6.45) is -2.39. The molecule has 5 heteroatoms. The van der Waals surface area contributed by atoms with Crippen LogP contribution in [0.15, 0.2) is 0 Å². The standard InChI is InChI=1S/C13H25F3N2/c1-12(2,3)11(17)6-8-18-7-4-5-10(9-18)13(14,15)16/h10-11H,4-9,17H2,1-3H3. The van der Waals surface area contributed by atoms with Crippen molar-refractivity contribution in [2.75, 3.05) is 19.6 Å². The molecule has 108 valence electrons. The lowest BCUT2D eigenvalue weighted by Crippen LogP contribution is -2.44. The molecule has 0 radical (unpaired) electrons. The molecular weight excluding hydrogens is 241 g/mol. The summed E-state index contributed by atoms with van der Waals surface area (Å²) in [5, 5.41) is 0. The van der Waals surface area contributed by atoms with Crippen LogP contribution in [0.4, 0.5) is 13.2 Å². The van der Waals surface area contributed by atoms with Crippen molar-refractivity contribution in [3.8, 4) is 0 Å². The largest absolute Gasteiger partial charge is 0.393 e. The van der Waals surface area contributed by atoms with E-state index in [2.05, 4.69) is 20.8 Å². The molecule has 2 nitrogen and oxygen atoms in total. The van der Waals surface area contributed by atoms with E-state index in [0.717, 1.165) is 13.0 Å². The van der Waals surface area contributed by atoms with Gasteiger partial charge in [0.05, 0.1) is 5.92 Å². The number of nitrogens with zero attached hydrogens (tertiary/aromatic N) is 1. The van der Waals surface area contributed by atoms with Gasteiger partial charge in [0.25, 0.3) is 0 Å². The van der Waals surface area contributed by atoms with Gasteiger partial charge in [-0.05, 0) is 37.8 Å². The zero-order valence-corrected chi connectivity index (χ0v) is 11.6. The molecule has 1 saturated heterocycles. The van der Waals surface area contributed by atoms with Gasteiger partial charge < -0.3 is 10.6 Å². The predicted octanol–water partition coefficient (Wildman–Crippen LogP) is 3.02. The summed E-state index contributed by atoms with van der Waals surface area (Å²) in [5.41, 5.74) is 6.05. The maximum atomic E-state index is 12.7. The molecule has 0 aromatic carbocycles. The van der Waals surface area contributed by atoms with Gasteiger partial charge in [-0.15, -0.1) is 0 Å². The van der Waals surface area contributed by atoms with Crippen molar-refractivity contribution in [3.05, 3.63) is 0 Å². The molecule has 0 aliphatic carbocycles. The van der Waals surface area contributed by atoms with Gasteiger partial charge in [-0.25, -0.2) is 0 Å². The highest BCUT2D eigenvalue weighted by molar-refractivity contribution is 4.81. The molecule has 0 amide bonds. The van der Waals surface area contributed by atoms with Crippen LogP contribution in [0.25, 0.3) is 0 Å². The third-order valence-corrected chi connectivity index (χ3v) is 3.84. The van der Waals surface area contributed by atoms with Gasteiger partial charge in [-0.3, -0.25) is 0 Å². The molecule has 2 atom stereocenters. The van der Waals surface area contributed by atoms with E-state index in [1.165, 1.54) is 0 Å². The fraction of sp³-hybridized carbons (Fsp3) is 1.00. The Balaban J connectivity index is 2.40. The Morgan fingerprint density at radius 3 is 2.39 bits per heavy atom. The number of likely N-dealkylation sites (tertiary alicyclic amines) is 1. The Hall–Kier alpha value is -0.290. The topological polar surface area (TPSA) is 29.3 Å². The molecule has 2 N–H and O–H groups in total. The summed E-state index contributed by atoms with van der Waals surface area (Å²) in [6.45, 7) is 7.76. The van der Waals surface area contributed by atoms with Crippen molar-refractivity contribution in [3.63, 3.8) is 0 Å². The summed E-state index contributed by atoms with van der Waals surface area (Å²) in [7, 11) is 0. The number of halogens is 3. The molecule has 0 spiro atoms. The average Bonchev–Trinajstić information content (AvgIpc) is 2.23. The van der Waals surface area contributed by atoms with Gasteiger partial charge in [0.2, 0.25) is 0 Å². The molecule has 1 rings (SSSR count). The van der Waals surface area contributed by atoms with Crippen molar-refractivity contribution in [2.45, 2.75) is 52.3 Å². The molecule has 1 aliphatic heterocycles. The zero-order chi connectivity index (χ0) is 14.0. The van der Waals surface area contributed by atoms with E-state index in [9.17, 15) is 13.2 Å². The maximum Gasteiger partial charge on any atom is 0.393 e. The normalized spacial score (nSPS) is 25.2. The number of piperidine rings is 1. The zero-order valence-electron chi connectivity index (χ0n) is 11.6. The second-order valence-electron chi connectivity index (χ2n) is 6.44. The number of alkyl halides is 3. The van der Waals surface area contributed by atoms with E-state index in [1.54, 1.807) is 0 Å². The number of hydrogen-bond donors (Lipinski definition) is 1. The van der Waals surface area contributed by atoms with E-state index < -0.39 is 12.1 Å². The number of rotatable bonds is 3. The Kier molecular flexibility index (Phi) is 5.06. The van der Waals surface area contributed by atoms with Gasteiger partial charge in [-0.1, -0.05) is 20.8 Å². The molecule has 1 heterocycles. The quantitative estimate of drug-likeness (QED) is 0.850. The SMILES string of the molecule is CC(C)(C)C(N)CCN1CCCC(C(F)(F)F)C1. The van der Waals surface area contributed by atoms with Crippen LogP contribution in [0, 0.1) is 11.3 Å². The first-order valence-corrected chi connectivity index (χ1v) is 6.65. The fourth-order valence-corrected chi connectivity index (χ4v) is 2.28. The first-order chi connectivity index (χ1) is 8.10. The smallest absolute Gasteiger partial charge is 0.327 e. The third kappa shape index (κ3) is 4.76. The molecule has 0 bridgehead atoms. The van der Waals surface area contributed by atoms with Crippen molar-refractivity contribution in [2.24, 2.45) is 17.1 Å². The molecule has 1 aliphatic rings. The maximum absolute atomic E-state index is 12.7. The molecule has 0 aromatic heterocycles. The minimum Gasteiger partial charge on any atom is -0.327 e. The van der Waals surface area contributed by atoms with E-state index in [4.69, 9.17) is 5.73 Å². The summed E-state index contributed by atoms with van der Waals surface area (Å²) >= 11 is 0. The number of hydrogen-bond acceptors (Lipinski definition) is 2. The van der Waals surface area contributed by atoms with Crippen LogP contribution >= 0.6 is 0 Å². The highest BCUT2D eigenvalue weighted by Gasteiger charge is 2.41. The van der Waals surface area contributed by atoms with Crippen LogP contribution in [-0.2, 0) is 0 Å². The lowest BCUT2D eigenvalue weighted by Gasteiger charge is -2.35. The van der Waals surface area contributed by atoms with Gasteiger partial charge in [0.1, 0.15) is 0 Å². The highest BCUT2D eigenvalue weighted by Crippen LogP contribution is 2.33. The Labute approximate surface area is 108 Å². The van der Waals surface area contributed by atoms with Crippen LogP contribution in [0.3, 0.4) is 0 Å². The van der Waals surface area contributed by atoms with E-state index in [0.29, 0.717) is 13.0 Å². The predicted molar refractivity (Wildman–Crippen MR) is 67.3 cm³/mol. The molecule has 1 fully saturated rings. The molecular formula is C13H25F3N2. The van der Waals surface area contributed by atoms with Gasteiger partial charge >= 0.3 is 6.18 Å². The summed E-state index contributed by atoms with van der Waals surface area (Å²) in [4.78, 5) is 1.91. The fourth-order valence-electron chi connectivity index (χ4n) is 2.28. The highest BCUT2D eigenvalue weighted by atomic mass is 19.4. The van der Waals surface area contributed by atoms with Crippen molar-refractivity contribution in [1.29, 1.82) is 0 Å². The lowest BCUT2D eigenvalue weighted by molar-refractivity contribution is -0.186. The van der Waals surface area contributed by atoms with Crippen LogP contribution in [0.1, 0.15) is 40.0 Å². The average molecular weight is 266 g/mol. The minimum absolute atomic E-state index is 0.0131. The molecule has 0 saturated carbocycles. The van der Waals surface area contributed by atoms with Gasteiger partial charge in [0.15, 0.2) is 0 Å². The second kappa shape index (κ2) is 5.78. The van der Waals surface area contributed by atoms with Crippen molar-refractivity contribution < 1.29 is 13.2 Å². The van der Waals surface area contributed by atoms with E-state index >= 15 is 0 Å². The van der Waals surface area contributed by atoms with Crippen LogP contribution < -0.4 is 5.73 Å². The summed E-state index contributed by atoms with van der Waals surface area (Å²) < 4.78 is 38.0. The lowest BCUT2D eigenvalue weighted by atomic mass is 9.85. The first kappa shape index (κ1) is 15.8. The molecule has 18 heavy (non-hydrogen) atoms. The summed E-state index contributed by atoms with van der Waals surface area (Å²) in [5.74, 6) is -1.16. The van der Waals surface area contributed by atoms with Crippen LogP contribution in [-0.4, -0.2) is 36.8 Å². The first-order valence-electron chi connectivity index (χ1n) is 6.65. The number of nitrogens with two attached hydrogens (primary N) is 1. The van der Waals surface area contributed by atoms with Crippen molar-refractivity contribution >= 4 is 0 Å². The van der Waals surface area contributed by atoms with Crippen molar-refractivity contribution in [1.82, 2.24) is 4.90 Å². The van der Waals surface area contributed by atoms with E-state index in [1.807, 2.05) is 4.90 Å². The molecule has 0 aromatic rings. The minimum atomic E-state index is -4.05. The van der Waals surface area contributed by atoms with Crippen LogP contribution in [0.5, 0.6) is 0 Å². The van der Waals surface area contributed by atoms with Crippen LogP contribution in [0.2, 0.25) is 0 Å². The van der Waals surface area contributed by atoms with E-state index in [-0.39, 0.29) is 24.4 Å².